The van der Waals surface area contributed by atoms with Crippen LogP contribution in [0.4, 0.5) is 0 Å². The molecule has 1 saturated carbocycles. The van der Waals surface area contributed by atoms with Gasteiger partial charge in [-0.1, -0.05) is 24.5 Å². The predicted molar refractivity (Wildman–Crippen MR) is 114 cm³/mol. The highest BCUT2D eigenvalue weighted by molar-refractivity contribution is 5.79. The Labute approximate surface area is 175 Å². The Balaban J connectivity index is 1.64. The lowest BCUT2D eigenvalue weighted by molar-refractivity contribution is -1.02. The van der Waals surface area contributed by atoms with E-state index in [9.17, 15) is 4.79 Å². The second-order valence-electron chi connectivity index (χ2n) is 9.11. The highest BCUT2D eigenvalue weighted by Crippen LogP contribution is 2.31. The minimum Gasteiger partial charge on any atom is -0.328 e. The van der Waals surface area contributed by atoms with E-state index in [4.69, 9.17) is 0 Å². The highest BCUT2D eigenvalue weighted by Gasteiger charge is 2.38. The number of pyridine rings is 1. The summed E-state index contributed by atoms with van der Waals surface area (Å²) >= 11 is 0. The third-order valence-corrected chi connectivity index (χ3v) is 6.94. The van der Waals surface area contributed by atoms with Crippen LogP contribution >= 0.6 is 0 Å². The van der Waals surface area contributed by atoms with Gasteiger partial charge in [-0.2, -0.15) is 0 Å². The number of aromatic nitrogens is 5. The van der Waals surface area contributed by atoms with Crippen LogP contribution in [0.15, 0.2) is 29.1 Å². The molecule has 1 aliphatic heterocycles. The zero-order valence-corrected chi connectivity index (χ0v) is 17.8. The quantitative estimate of drug-likeness (QED) is 0.539. The number of aryl methyl sites for hydroxylation is 1. The fourth-order valence-electron chi connectivity index (χ4n) is 5.19. The van der Waals surface area contributed by atoms with E-state index < -0.39 is 0 Å². The summed E-state index contributed by atoms with van der Waals surface area (Å²) in [5.41, 5.74) is 2.80. The van der Waals surface area contributed by atoms with Crippen LogP contribution in [-0.4, -0.2) is 58.4 Å². The lowest BCUT2D eigenvalue weighted by Crippen LogP contribution is -3.27. The van der Waals surface area contributed by atoms with Gasteiger partial charge >= 0.3 is 0 Å². The number of rotatable bonds is 4. The summed E-state index contributed by atoms with van der Waals surface area (Å²) < 4.78 is 2.02. The van der Waals surface area contributed by atoms with Gasteiger partial charge in [-0.15, -0.1) is 5.10 Å². The zero-order valence-electron chi connectivity index (χ0n) is 17.8. The van der Waals surface area contributed by atoms with Gasteiger partial charge in [-0.25, -0.2) is 4.68 Å². The average molecular weight is 410 g/mol. The van der Waals surface area contributed by atoms with E-state index in [1.807, 2.05) is 16.8 Å². The number of nitrogens with zero attached hydrogens (tertiary/aromatic N) is 4. The van der Waals surface area contributed by atoms with Crippen LogP contribution in [0.1, 0.15) is 54.7 Å². The fourth-order valence-corrected chi connectivity index (χ4v) is 5.19. The van der Waals surface area contributed by atoms with E-state index in [1.165, 1.54) is 28.2 Å². The molecule has 3 aromatic rings. The molecule has 0 amide bonds. The number of benzene rings is 1. The normalized spacial score (nSPS) is 23.8. The summed E-state index contributed by atoms with van der Waals surface area (Å²) in [4.78, 5) is 19.3. The molecule has 2 aromatic heterocycles. The van der Waals surface area contributed by atoms with Crippen molar-refractivity contribution in [2.24, 2.45) is 0 Å². The smallest absolute Gasteiger partial charge is 0.258 e. The molecule has 3 N–H and O–H groups in total. The number of H-pyrrole nitrogens is 1. The van der Waals surface area contributed by atoms with Crippen molar-refractivity contribution < 1.29 is 9.80 Å². The first-order chi connectivity index (χ1) is 14.6. The topological polar surface area (TPSA) is 85.3 Å². The van der Waals surface area contributed by atoms with E-state index in [0.717, 1.165) is 61.3 Å². The number of fused-ring (bicyclic) bond motifs is 1. The van der Waals surface area contributed by atoms with E-state index >= 15 is 0 Å². The molecule has 5 rings (SSSR count). The van der Waals surface area contributed by atoms with Crippen molar-refractivity contribution in [3.8, 4) is 0 Å². The predicted octanol–water partition coefficient (Wildman–Crippen LogP) is -0.559. The molecule has 8 heteroatoms. The number of hydrogen-bond donors (Lipinski definition) is 3. The van der Waals surface area contributed by atoms with E-state index in [1.54, 1.807) is 0 Å². The Kier molecular flexibility index (Phi) is 5.12. The van der Waals surface area contributed by atoms with Crippen LogP contribution in [0.2, 0.25) is 0 Å². The molecule has 0 radical (unpaired) electrons. The maximum Gasteiger partial charge on any atom is 0.258 e. The second-order valence-corrected chi connectivity index (χ2v) is 9.11. The zero-order chi connectivity index (χ0) is 20.7. The first-order valence-electron chi connectivity index (χ1n) is 11.2. The Morgan fingerprint density at radius 1 is 1.13 bits per heavy atom. The molecular weight excluding hydrogens is 378 g/mol. The van der Waals surface area contributed by atoms with Crippen molar-refractivity contribution in [2.45, 2.75) is 44.7 Å². The molecule has 0 bridgehead atoms. The maximum atomic E-state index is 13.2. The summed E-state index contributed by atoms with van der Waals surface area (Å²) in [7, 11) is 2.24. The molecule has 158 valence electrons. The first kappa shape index (κ1) is 19.4. The Hall–Kier alpha value is -2.58. The van der Waals surface area contributed by atoms with Gasteiger partial charge in [0.25, 0.3) is 5.56 Å². The van der Waals surface area contributed by atoms with Gasteiger partial charge in [0.05, 0.1) is 18.7 Å². The third-order valence-electron chi connectivity index (χ3n) is 6.94. The fraction of sp³-hybridized carbons (Fsp3) is 0.545. The van der Waals surface area contributed by atoms with E-state index in [0.29, 0.717) is 6.04 Å². The summed E-state index contributed by atoms with van der Waals surface area (Å²) in [5, 5.41) is 14.0. The van der Waals surface area contributed by atoms with Crippen molar-refractivity contribution in [1.82, 2.24) is 25.2 Å². The third kappa shape index (κ3) is 3.54. The van der Waals surface area contributed by atoms with Crippen LogP contribution in [0.25, 0.3) is 10.9 Å². The molecule has 1 aliphatic carbocycles. The SMILES string of the molecule is Cc1ccc2[nH]c(=O)c([C@@H](c3nnnn3C3CCCC3)[NH+]3CC[NH+](C)CC3)cc2c1. The number of piperazine rings is 1. The monoisotopic (exact) mass is 409 g/mol. The van der Waals surface area contributed by atoms with Crippen molar-refractivity contribution >= 4 is 10.9 Å². The van der Waals surface area contributed by atoms with Gasteiger partial charge in [0.1, 0.15) is 26.2 Å². The minimum absolute atomic E-state index is 0.0314. The van der Waals surface area contributed by atoms with Crippen LogP contribution in [0.3, 0.4) is 0 Å². The Bertz CT molecular complexity index is 1090. The number of nitrogens with one attached hydrogen (secondary N) is 3. The molecular formula is C22H31N7O+2. The van der Waals surface area contributed by atoms with Gasteiger partial charge in [0.15, 0.2) is 6.04 Å². The molecule has 3 heterocycles. The highest BCUT2D eigenvalue weighted by atomic mass is 16.1. The number of quaternary nitrogens is 2. The first-order valence-corrected chi connectivity index (χ1v) is 11.2. The van der Waals surface area contributed by atoms with Gasteiger partial charge in [-0.05, 0) is 53.8 Å². The number of aromatic amines is 1. The van der Waals surface area contributed by atoms with Crippen LogP contribution in [-0.2, 0) is 0 Å². The van der Waals surface area contributed by atoms with Crippen molar-refractivity contribution in [1.29, 1.82) is 0 Å². The largest absolute Gasteiger partial charge is 0.328 e. The molecule has 2 aliphatic rings. The maximum absolute atomic E-state index is 13.2. The average Bonchev–Trinajstić information content (AvgIpc) is 3.42. The standard InChI is InChI=1S/C22H29N7O/c1-15-7-8-19-16(13-15)14-18(22(30)23-19)20(28-11-9-27(2)10-12-28)21-24-25-26-29(21)17-5-3-4-6-17/h7-8,13-14,17,20H,3-6,9-12H2,1-2H3,(H,23,30)/p+2/t20-/m0/s1. The van der Waals surface area contributed by atoms with Crippen molar-refractivity contribution in [2.75, 3.05) is 33.2 Å². The number of likely N-dealkylation sites (N-methyl/N-ethyl adjacent to an activating group) is 1. The minimum atomic E-state index is -0.151. The molecule has 2 fully saturated rings. The molecule has 0 spiro atoms. The van der Waals surface area contributed by atoms with E-state index in [2.05, 4.69) is 46.6 Å². The Morgan fingerprint density at radius 3 is 2.67 bits per heavy atom. The second kappa shape index (κ2) is 7.92. The summed E-state index contributed by atoms with van der Waals surface area (Å²) in [6, 6.07) is 8.41. The molecule has 1 aromatic carbocycles. The Morgan fingerprint density at radius 2 is 1.90 bits per heavy atom. The van der Waals surface area contributed by atoms with Crippen molar-refractivity contribution in [3.05, 3.63) is 51.6 Å². The van der Waals surface area contributed by atoms with Crippen molar-refractivity contribution in [3.63, 3.8) is 0 Å². The van der Waals surface area contributed by atoms with E-state index in [-0.39, 0.29) is 11.6 Å². The number of tetrazole rings is 1. The summed E-state index contributed by atoms with van der Waals surface area (Å²) in [5.74, 6) is 0.842. The summed E-state index contributed by atoms with van der Waals surface area (Å²) in [6.45, 7) is 6.25. The van der Waals surface area contributed by atoms with Crippen LogP contribution in [0.5, 0.6) is 0 Å². The molecule has 1 saturated heterocycles. The lowest BCUT2D eigenvalue weighted by Gasteiger charge is -2.33. The van der Waals surface area contributed by atoms with Crippen LogP contribution < -0.4 is 15.4 Å². The summed E-state index contributed by atoms with van der Waals surface area (Å²) in [6.07, 6.45) is 4.66. The molecule has 30 heavy (non-hydrogen) atoms. The molecule has 1 atom stereocenters. The van der Waals surface area contributed by atoms with Gasteiger partial charge in [0, 0.05) is 5.52 Å². The van der Waals surface area contributed by atoms with Gasteiger partial charge < -0.3 is 14.8 Å². The molecule has 0 unspecified atom stereocenters. The lowest BCUT2D eigenvalue weighted by atomic mass is 10.0. The number of hydrogen-bond acceptors (Lipinski definition) is 4. The van der Waals surface area contributed by atoms with Crippen LogP contribution in [0, 0.1) is 6.92 Å². The molecule has 8 nitrogen and oxygen atoms in total. The van der Waals surface area contributed by atoms with Gasteiger partial charge in [-0.3, -0.25) is 4.79 Å². The van der Waals surface area contributed by atoms with Gasteiger partial charge in [0.2, 0.25) is 5.82 Å².